The van der Waals surface area contributed by atoms with E-state index >= 15 is 0 Å². The third-order valence-electron chi connectivity index (χ3n) is 2.30. The zero-order valence-corrected chi connectivity index (χ0v) is 12.3. The topological polar surface area (TPSA) is 72.8 Å². The molecule has 2 aromatic heterocycles. The second kappa shape index (κ2) is 6.53. The molecule has 0 aliphatic carbocycles. The fraction of sp³-hybridized carbons (Fsp3) is 0.333. The van der Waals surface area contributed by atoms with Gasteiger partial charge in [-0.05, 0) is 22.9 Å². The molecule has 7 heteroatoms. The van der Waals surface area contributed by atoms with Gasteiger partial charge in [0.25, 0.3) is 0 Å². The van der Waals surface area contributed by atoms with Crippen LogP contribution in [0.2, 0.25) is 0 Å². The third kappa shape index (κ3) is 4.22. The van der Waals surface area contributed by atoms with Crippen LogP contribution in [0.1, 0.15) is 17.2 Å². The lowest BCUT2D eigenvalue weighted by Crippen LogP contribution is -2.07. The molecule has 0 aliphatic heterocycles. The second-order valence-corrected chi connectivity index (χ2v) is 4.74. The molecule has 0 fully saturated rings. The molecule has 100 valence electrons. The van der Waals surface area contributed by atoms with Gasteiger partial charge >= 0.3 is 0 Å². The molecule has 19 heavy (non-hydrogen) atoms. The van der Waals surface area contributed by atoms with E-state index in [1.54, 1.807) is 19.5 Å². The first-order valence-electron chi connectivity index (χ1n) is 5.71. The van der Waals surface area contributed by atoms with Crippen LogP contribution in [0.5, 0.6) is 0 Å². The number of methoxy groups -OCH3 is 1. The number of ether oxygens (including phenoxy) is 1. The number of rotatable bonds is 5. The molecule has 1 N–H and O–H groups in total. The van der Waals surface area contributed by atoms with E-state index in [0.29, 0.717) is 19.0 Å². The molecule has 0 aromatic carbocycles. The number of aryl methyl sites for hydroxylation is 1. The van der Waals surface area contributed by atoms with Crippen molar-refractivity contribution in [2.45, 2.75) is 20.1 Å². The van der Waals surface area contributed by atoms with Crippen molar-refractivity contribution in [2.24, 2.45) is 0 Å². The highest BCUT2D eigenvalue weighted by Gasteiger charge is 2.03. The molecule has 0 saturated carbocycles. The number of nitrogens with zero attached hydrogens (tertiary/aromatic N) is 4. The maximum atomic E-state index is 5.03. The Morgan fingerprint density at radius 3 is 2.79 bits per heavy atom. The number of nitrogens with one attached hydrogen (secondary N) is 1. The zero-order valence-electron chi connectivity index (χ0n) is 10.7. The minimum Gasteiger partial charge on any atom is -0.377 e. The summed E-state index contributed by atoms with van der Waals surface area (Å²) in [4.78, 5) is 17.0. The van der Waals surface area contributed by atoms with Gasteiger partial charge < -0.3 is 10.1 Å². The summed E-state index contributed by atoms with van der Waals surface area (Å²) in [5.41, 5.74) is 1.74. The summed E-state index contributed by atoms with van der Waals surface area (Å²) in [7, 11) is 1.62. The molecule has 0 atom stereocenters. The summed E-state index contributed by atoms with van der Waals surface area (Å²) in [6.07, 6.45) is 3.37. The molecular weight excluding hydrogens is 310 g/mol. The first kappa shape index (κ1) is 13.8. The Kier molecular flexibility index (Phi) is 4.75. The van der Waals surface area contributed by atoms with Gasteiger partial charge in [0.15, 0.2) is 5.82 Å². The summed E-state index contributed by atoms with van der Waals surface area (Å²) in [5, 5.41) is 3.20. The minimum absolute atomic E-state index is 0.397. The summed E-state index contributed by atoms with van der Waals surface area (Å²) < 4.78 is 5.75. The van der Waals surface area contributed by atoms with Crippen molar-refractivity contribution < 1.29 is 4.74 Å². The van der Waals surface area contributed by atoms with Gasteiger partial charge in [-0.3, -0.25) is 4.98 Å². The van der Waals surface area contributed by atoms with Crippen LogP contribution in [-0.4, -0.2) is 27.0 Å². The van der Waals surface area contributed by atoms with Crippen LogP contribution in [0.15, 0.2) is 23.1 Å². The van der Waals surface area contributed by atoms with Crippen molar-refractivity contribution in [3.05, 3.63) is 40.3 Å². The molecule has 0 radical (unpaired) electrons. The maximum Gasteiger partial charge on any atom is 0.156 e. The number of hydrogen-bond donors (Lipinski definition) is 1. The highest BCUT2D eigenvalue weighted by Crippen LogP contribution is 2.09. The van der Waals surface area contributed by atoms with Crippen LogP contribution in [0.3, 0.4) is 0 Å². The molecule has 2 rings (SSSR count). The van der Waals surface area contributed by atoms with Crippen LogP contribution in [-0.2, 0) is 17.9 Å². The monoisotopic (exact) mass is 323 g/mol. The van der Waals surface area contributed by atoms with Crippen molar-refractivity contribution in [1.29, 1.82) is 0 Å². The van der Waals surface area contributed by atoms with Crippen molar-refractivity contribution in [3.8, 4) is 0 Å². The van der Waals surface area contributed by atoms with Crippen molar-refractivity contribution in [1.82, 2.24) is 19.9 Å². The van der Waals surface area contributed by atoms with E-state index in [4.69, 9.17) is 4.74 Å². The maximum absolute atomic E-state index is 5.03. The molecule has 6 nitrogen and oxygen atoms in total. The van der Waals surface area contributed by atoms with Crippen LogP contribution < -0.4 is 5.32 Å². The van der Waals surface area contributed by atoms with Crippen molar-refractivity contribution in [2.75, 3.05) is 12.4 Å². The fourth-order valence-electron chi connectivity index (χ4n) is 1.53. The Morgan fingerprint density at radius 1 is 1.26 bits per heavy atom. The van der Waals surface area contributed by atoms with Gasteiger partial charge in [0, 0.05) is 18.9 Å². The first-order valence-corrected chi connectivity index (χ1v) is 6.50. The van der Waals surface area contributed by atoms with Crippen LogP contribution in [0.4, 0.5) is 5.82 Å². The molecule has 2 heterocycles. The average molecular weight is 324 g/mol. The van der Waals surface area contributed by atoms with E-state index < -0.39 is 0 Å². The van der Waals surface area contributed by atoms with Crippen LogP contribution >= 0.6 is 15.9 Å². The number of aromatic nitrogens is 4. The van der Waals surface area contributed by atoms with Gasteiger partial charge in [-0.15, -0.1) is 0 Å². The summed E-state index contributed by atoms with van der Waals surface area (Å²) in [5.74, 6) is 1.41. The number of anilines is 1. The normalized spacial score (nSPS) is 10.5. The molecule has 0 spiro atoms. The Balaban J connectivity index is 2.04. The van der Waals surface area contributed by atoms with Gasteiger partial charge in [-0.25, -0.2) is 15.0 Å². The highest BCUT2D eigenvalue weighted by molar-refractivity contribution is 9.10. The van der Waals surface area contributed by atoms with Gasteiger partial charge in [-0.2, -0.15) is 0 Å². The van der Waals surface area contributed by atoms with Crippen molar-refractivity contribution in [3.63, 3.8) is 0 Å². The van der Waals surface area contributed by atoms with Gasteiger partial charge in [0.1, 0.15) is 17.0 Å². The molecule has 0 bridgehead atoms. The Hall–Kier alpha value is -1.60. The lowest BCUT2D eigenvalue weighted by Gasteiger charge is -2.07. The smallest absolute Gasteiger partial charge is 0.156 e. The average Bonchev–Trinajstić information content (AvgIpc) is 2.38. The number of halogens is 1. The lowest BCUT2D eigenvalue weighted by atomic mass is 10.4. The molecule has 0 saturated heterocycles. The van der Waals surface area contributed by atoms with E-state index in [2.05, 4.69) is 41.2 Å². The lowest BCUT2D eigenvalue weighted by molar-refractivity contribution is 0.177. The van der Waals surface area contributed by atoms with Gasteiger partial charge in [0.05, 0.1) is 24.6 Å². The predicted octanol–water partition coefficient (Wildman–Crippen LogP) is 2.10. The Bertz CT molecular complexity index is 546. The van der Waals surface area contributed by atoms with E-state index in [1.165, 1.54) is 0 Å². The predicted molar refractivity (Wildman–Crippen MR) is 74.5 cm³/mol. The second-order valence-electron chi connectivity index (χ2n) is 3.93. The fourth-order valence-corrected chi connectivity index (χ4v) is 1.73. The third-order valence-corrected chi connectivity index (χ3v) is 2.71. The Labute approximate surface area is 119 Å². The summed E-state index contributed by atoms with van der Waals surface area (Å²) in [6, 6.07) is 1.88. The van der Waals surface area contributed by atoms with E-state index in [1.807, 2.05) is 13.0 Å². The van der Waals surface area contributed by atoms with E-state index in [-0.39, 0.29) is 0 Å². The minimum atomic E-state index is 0.397. The standard InChI is InChI=1S/C12H14BrN5O/c1-8-3-11(18-12(17-8)7-19-2)16-5-9-4-15-10(13)6-14-9/h3-4,6H,5,7H2,1-2H3,(H,16,17,18). The highest BCUT2D eigenvalue weighted by atomic mass is 79.9. The summed E-state index contributed by atoms with van der Waals surface area (Å²) >= 11 is 3.25. The molecular formula is C12H14BrN5O. The largest absolute Gasteiger partial charge is 0.377 e. The SMILES string of the molecule is COCc1nc(C)cc(NCc2cnc(Br)cn2)n1. The Morgan fingerprint density at radius 2 is 2.11 bits per heavy atom. The molecule has 0 amide bonds. The number of hydrogen-bond acceptors (Lipinski definition) is 6. The molecule has 0 unspecified atom stereocenters. The molecule has 0 aliphatic rings. The van der Waals surface area contributed by atoms with Crippen LogP contribution in [0.25, 0.3) is 0 Å². The summed E-state index contributed by atoms with van der Waals surface area (Å²) in [6.45, 7) is 2.88. The quantitative estimate of drug-likeness (QED) is 0.908. The van der Waals surface area contributed by atoms with E-state index in [0.717, 1.165) is 21.8 Å². The van der Waals surface area contributed by atoms with Crippen LogP contribution in [0, 0.1) is 6.92 Å². The first-order chi connectivity index (χ1) is 9.17. The zero-order chi connectivity index (χ0) is 13.7. The van der Waals surface area contributed by atoms with Gasteiger partial charge in [0.2, 0.25) is 0 Å². The van der Waals surface area contributed by atoms with Crippen molar-refractivity contribution >= 4 is 21.7 Å². The van der Waals surface area contributed by atoms with E-state index in [9.17, 15) is 0 Å². The van der Waals surface area contributed by atoms with Gasteiger partial charge in [-0.1, -0.05) is 0 Å². The molecule has 2 aromatic rings.